The van der Waals surface area contributed by atoms with Gasteiger partial charge in [0, 0.05) is 19.5 Å². The fraction of sp³-hybridized carbons (Fsp3) is 0.625. The zero-order valence-corrected chi connectivity index (χ0v) is 12.8. The molecule has 0 spiro atoms. The Hall–Kier alpha value is -1.62. The summed E-state index contributed by atoms with van der Waals surface area (Å²) in [6, 6.07) is 3.92. The van der Waals surface area contributed by atoms with Crippen LogP contribution in [0.4, 0.5) is 11.5 Å². The third-order valence-corrected chi connectivity index (χ3v) is 3.99. The second-order valence-electron chi connectivity index (χ2n) is 5.87. The molecule has 2 rings (SSSR count). The number of hydrogen-bond donors (Lipinski definition) is 2. The molecule has 21 heavy (non-hydrogen) atoms. The quantitative estimate of drug-likeness (QED) is 0.809. The Labute approximate surface area is 126 Å². The van der Waals surface area contributed by atoms with Crippen molar-refractivity contribution in [3.8, 4) is 0 Å². The summed E-state index contributed by atoms with van der Waals surface area (Å²) in [6.07, 6.45) is 6.61. The molecule has 1 aromatic rings. The van der Waals surface area contributed by atoms with E-state index in [9.17, 15) is 4.79 Å². The van der Waals surface area contributed by atoms with Crippen LogP contribution in [-0.2, 0) is 4.79 Å². The summed E-state index contributed by atoms with van der Waals surface area (Å²) < 4.78 is 0. The van der Waals surface area contributed by atoms with Crippen LogP contribution in [0.5, 0.6) is 0 Å². The van der Waals surface area contributed by atoms with Gasteiger partial charge in [0.15, 0.2) is 0 Å². The standard InChI is InChI=1S/C16H26N4O/c1-13(8-9-17)4-7-16(21)19-14-5-6-15(18-12-14)20-10-2-3-11-20/h5-6,12-13H,2-4,7-11,17H2,1H3,(H,19,21). The zero-order valence-electron chi connectivity index (χ0n) is 12.8. The lowest BCUT2D eigenvalue weighted by atomic mass is 10.0. The van der Waals surface area contributed by atoms with Crippen LogP contribution in [0.25, 0.3) is 0 Å². The molecule has 1 saturated heterocycles. The molecule has 0 saturated carbocycles. The number of aromatic nitrogens is 1. The molecule has 1 aliphatic rings. The van der Waals surface area contributed by atoms with Crippen molar-refractivity contribution in [1.29, 1.82) is 0 Å². The first kappa shape index (κ1) is 15.8. The van der Waals surface area contributed by atoms with Gasteiger partial charge in [0.1, 0.15) is 5.82 Å². The van der Waals surface area contributed by atoms with Crippen molar-refractivity contribution in [1.82, 2.24) is 4.98 Å². The summed E-state index contributed by atoms with van der Waals surface area (Å²) in [6.45, 7) is 4.98. The number of pyridine rings is 1. The normalized spacial score (nSPS) is 16.0. The van der Waals surface area contributed by atoms with Crippen LogP contribution in [-0.4, -0.2) is 30.5 Å². The second-order valence-corrected chi connectivity index (χ2v) is 5.87. The third-order valence-electron chi connectivity index (χ3n) is 3.99. The molecule has 1 fully saturated rings. The van der Waals surface area contributed by atoms with Crippen molar-refractivity contribution in [3.63, 3.8) is 0 Å². The van der Waals surface area contributed by atoms with Crippen molar-refractivity contribution < 1.29 is 4.79 Å². The molecule has 0 aliphatic carbocycles. The first-order valence-corrected chi connectivity index (χ1v) is 7.90. The van der Waals surface area contributed by atoms with E-state index in [-0.39, 0.29) is 5.91 Å². The molecule has 1 unspecified atom stereocenters. The monoisotopic (exact) mass is 290 g/mol. The molecule has 0 radical (unpaired) electrons. The van der Waals surface area contributed by atoms with Crippen molar-refractivity contribution in [2.45, 2.75) is 39.0 Å². The van der Waals surface area contributed by atoms with E-state index in [2.05, 4.69) is 22.1 Å². The van der Waals surface area contributed by atoms with E-state index in [1.54, 1.807) is 6.20 Å². The van der Waals surface area contributed by atoms with Gasteiger partial charge in [-0.3, -0.25) is 4.79 Å². The van der Waals surface area contributed by atoms with Crippen LogP contribution in [0.15, 0.2) is 18.3 Å². The fourth-order valence-corrected chi connectivity index (χ4v) is 2.62. The number of hydrogen-bond acceptors (Lipinski definition) is 4. The largest absolute Gasteiger partial charge is 0.357 e. The van der Waals surface area contributed by atoms with E-state index >= 15 is 0 Å². The molecule has 5 nitrogen and oxygen atoms in total. The predicted octanol–water partition coefficient (Wildman–Crippen LogP) is 2.39. The molecule has 0 bridgehead atoms. The number of rotatable bonds is 7. The van der Waals surface area contributed by atoms with Crippen LogP contribution in [0, 0.1) is 5.92 Å². The first-order valence-electron chi connectivity index (χ1n) is 7.90. The number of carbonyl (C=O) groups is 1. The zero-order chi connectivity index (χ0) is 15.1. The molecule has 5 heteroatoms. The van der Waals surface area contributed by atoms with E-state index in [4.69, 9.17) is 5.73 Å². The Morgan fingerprint density at radius 3 is 2.76 bits per heavy atom. The molecule has 116 valence electrons. The van der Waals surface area contributed by atoms with E-state index in [0.717, 1.165) is 37.4 Å². The van der Waals surface area contributed by atoms with E-state index in [1.165, 1.54) is 12.8 Å². The van der Waals surface area contributed by atoms with Gasteiger partial charge >= 0.3 is 0 Å². The lowest BCUT2D eigenvalue weighted by Crippen LogP contribution is -2.19. The highest BCUT2D eigenvalue weighted by Gasteiger charge is 2.13. The van der Waals surface area contributed by atoms with Gasteiger partial charge in [-0.15, -0.1) is 0 Å². The lowest BCUT2D eigenvalue weighted by molar-refractivity contribution is -0.116. The molecule has 1 aromatic heterocycles. The number of nitrogens with two attached hydrogens (primary N) is 1. The van der Waals surface area contributed by atoms with Crippen LogP contribution in [0.3, 0.4) is 0 Å². The van der Waals surface area contributed by atoms with E-state index in [0.29, 0.717) is 18.9 Å². The number of amides is 1. The topological polar surface area (TPSA) is 71.2 Å². The summed E-state index contributed by atoms with van der Waals surface area (Å²) in [5, 5.41) is 2.91. The SMILES string of the molecule is CC(CCN)CCC(=O)Nc1ccc(N2CCCC2)nc1. The summed E-state index contributed by atoms with van der Waals surface area (Å²) in [4.78, 5) is 18.6. The first-order chi connectivity index (χ1) is 10.2. The Morgan fingerprint density at radius 2 is 2.14 bits per heavy atom. The Balaban J connectivity index is 1.78. The molecule has 3 N–H and O–H groups in total. The van der Waals surface area contributed by atoms with Gasteiger partial charge in [0.2, 0.25) is 5.91 Å². The molecule has 1 atom stereocenters. The van der Waals surface area contributed by atoms with Crippen molar-refractivity contribution >= 4 is 17.4 Å². The molecular weight excluding hydrogens is 264 g/mol. The van der Waals surface area contributed by atoms with Gasteiger partial charge in [-0.25, -0.2) is 4.98 Å². The van der Waals surface area contributed by atoms with E-state index in [1.807, 2.05) is 12.1 Å². The average Bonchev–Trinajstić information content (AvgIpc) is 3.00. The molecule has 1 amide bonds. The minimum absolute atomic E-state index is 0.0505. The maximum Gasteiger partial charge on any atom is 0.224 e. The Morgan fingerprint density at radius 1 is 1.38 bits per heavy atom. The highest BCUT2D eigenvalue weighted by Crippen LogP contribution is 2.19. The van der Waals surface area contributed by atoms with Crippen LogP contribution in [0.1, 0.15) is 39.0 Å². The highest BCUT2D eigenvalue weighted by atomic mass is 16.1. The third kappa shape index (κ3) is 5.01. The number of nitrogens with zero attached hydrogens (tertiary/aromatic N) is 2. The lowest BCUT2D eigenvalue weighted by Gasteiger charge is -2.16. The minimum atomic E-state index is 0.0505. The molecule has 2 heterocycles. The van der Waals surface area contributed by atoms with Crippen LogP contribution in [0.2, 0.25) is 0 Å². The number of carbonyl (C=O) groups excluding carboxylic acids is 1. The molecular formula is C16H26N4O. The maximum absolute atomic E-state index is 11.9. The predicted molar refractivity (Wildman–Crippen MR) is 86.4 cm³/mol. The highest BCUT2D eigenvalue weighted by molar-refractivity contribution is 5.90. The van der Waals surface area contributed by atoms with Gasteiger partial charge in [-0.1, -0.05) is 6.92 Å². The minimum Gasteiger partial charge on any atom is -0.357 e. The van der Waals surface area contributed by atoms with Crippen molar-refractivity contribution in [3.05, 3.63) is 18.3 Å². The Kier molecular flexibility index (Phi) is 5.99. The number of nitrogens with one attached hydrogen (secondary N) is 1. The maximum atomic E-state index is 11.9. The smallest absolute Gasteiger partial charge is 0.224 e. The second kappa shape index (κ2) is 7.98. The van der Waals surface area contributed by atoms with Gasteiger partial charge in [-0.2, -0.15) is 0 Å². The van der Waals surface area contributed by atoms with Gasteiger partial charge < -0.3 is 16.0 Å². The average molecular weight is 290 g/mol. The van der Waals surface area contributed by atoms with Crippen molar-refractivity contribution in [2.75, 3.05) is 29.9 Å². The summed E-state index contributed by atoms with van der Waals surface area (Å²) in [7, 11) is 0. The molecule has 1 aliphatic heterocycles. The van der Waals surface area contributed by atoms with Crippen molar-refractivity contribution in [2.24, 2.45) is 11.7 Å². The summed E-state index contributed by atoms with van der Waals surface area (Å²) >= 11 is 0. The van der Waals surface area contributed by atoms with Gasteiger partial charge in [0.25, 0.3) is 0 Å². The Bertz CT molecular complexity index is 440. The summed E-state index contributed by atoms with van der Waals surface area (Å²) in [5.41, 5.74) is 6.29. The number of anilines is 2. The fourth-order valence-electron chi connectivity index (χ4n) is 2.62. The van der Waals surface area contributed by atoms with E-state index < -0.39 is 0 Å². The van der Waals surface area contributed by atoms with Gasteiger partial charge in [-0.05, 0) is 50.3 Å². The van der Waals surface area contributed by atoms with Crippen LogP contribution >= 0.6 is 0 Å². The molecule has 0 aromatic carbocycles. The van der Waals surface area contributed by atoms with Crippen LogP contribution < -0.4 is 16.0 Å². The van der Waals surface area contributed by atoms with Gasteiger partial charge in [0.05, 0.1) is 11.9 Å². The summed E-state index contributed by atoms with van der Waals surface area (Å²) in [5.74, 6) is 1.55.